The summed E-state index contributed by atoms with van der Waals surface area (Å²) in [6.45, 7) is 6.78. The molecule has 0 saturated heterocycles. The molecule has 21 heavy (non-hydrogen) atoms. The zero-order chi connectivity index (χ0) is 15.5. The van der Waals surface area contributed by atoms with Crippen LogP contribution in [0.2, 0.25) is 0 Å². The smallest absolute Gasteiger partial charge is 0.323 e. The van der Waals surface area contributed by atoms with Crippen molar-refractivity contribution in [3.63, 3.8) is 0 Å². The standard InChI is InChI=1S/C16H23NO4/c1-4-7-16(3,15(18)19)17-11(2)12-5-6-13-14(10-12)21-9-8-20-13/h5-6,10-11,17H,4,7-9H2,1-3H3,(H,18,19). The third-order valence-electron chi connectivity index (χ3n) is 3.82. The molecule has 2 N–H and O–H groups in total. The lowest BCUT2D eigenvalue weighted by atomic mass is 9.94. The summed E-state index contributed by atoms with van der Waals surface area (Å²) >= 11 is 0. The van der Waals surface area contributed by atoms with Crippen molar-refractivity contribution in [1.29, 1.82) is 0 Å². The van der Waals surface area contributed by atoms with Gasteiger partial charge in [-0.05, 0) is 38.0 Å². The van der Waals surface area contributed by atoms with Crippen molar-refractivity contribution in [2.45, 2.75) is 45.2 Å². The molecule has 0 saturated carbocycles. The van der Waals surface area contributed by atoms with E-state index in [2.05, 4.69) is 5.32 Å². The maximum atomic E-state index is 11.5. The molecule has 1 aliphatic heterocycles. The van der Waals surface area contributed by atoms with E-state index in [0.29, 0.717) is 19.6 Å². The monoisotopic (exact) mass is 293 g/mol. The molecular weight excluding hydrogens is 270 g/mol. The first-order valence-electron chi connectivity index (χ1n) is 7.37. The third-order valence-corrected chi connectivity index (χ3v) is 3.82. The summed E-state index contributed by atoms with van der Waals surface area (Å²) in [5, 5.41) is 12.7. The number of carboxylic acid groups (broad SMARTS) is 1. The van der Waals surface area contributed by atoms with E-state index in [1.807, 2.05) is 32.0 Å². The predicted octanol–water partition coefficient (Wildman–Crippen LogP) is 2.75. The van der Waals surface area contributed by atoms with Gasteiger partial charge in [0.2, 0.25) is 0 Å². The van der Waals surface area contributed by atoms with Crippen molar-refractivity contribution in [3.8, 4) is 11.5 Å². The van der Waals surface area contributed by atoms with Crippen LogP contribution in [0.15, 0.2) is 18.2 Å². The molecule has 0 aliphatic carbocycles. The van der Waals surface area contributed by atoms with Crippen LogP contribution in [0.3, 0.4) is 0 Å². The molecule has 0 amide bonds. The molecule has 116 valence electrons. The lowest BCUT2D eigenvalue weighted by Crippen LogP contribution is -2.50. The van der Waals surface area contributed by atoms with E-state index in [9.17, 15) is 9.90 Å². The van der Waals surface area contributed by atoms with Gasteiger partial charge in [-0.15, -0.1) is 0 Å². The van der Waals surface area contributed by atoms with Crippen molar-refractivity contribution < 1.29 is 19.4 Å². The van der Waals surface area contributed by atoms with Gasteiger partial charge in [0.15, 0.2) is 11.5 Å². The second kappa shape index (κ2) is 6.35. The predicted molar refractivity (Wildman–Crippen MR) is 79.9 cm³/mol. The van der Waals surface area contributed by atoms with Gasteiger partial charge in [0.25, 0.3) is 0 Å². The number of hydrogen-bond donors (Lipinski definition) is 2. The Hall–Kier alpha value is -1.75. The molecule has 1 aliphatic rings. The van der Waals surface area contributed by atoms with Gasteiger partial charge >= 0.3 is 5.97 Å². The molecular formula is C16H23NO4. The minimum Gasteiger partial charge on any atom is -0.486 e. The fourth-order valence-electron chi connectivity index (χ4n) is 2.63. The summed E-state index contributed by atoms with van der Waals surface area (Å²) in [7, 11) is 0. The van der Waals surface area contributed by atoms with E-state index >= 15 is 0 Å². The SMILES string of the molecule is CCCC(C)(NC(C)c1ccc2c(c1)OCCO2)C(=O)O. The first-order chi connectivity index (χ1) is 9.96. The largest absolute Gasteiger partial charge is 0.486 e. The number of ether oxygens (including phenoxy) is 2. The van der Waals surface area contributed by atoms with Crippen LogP contribution in [-0.2, 0) is 4.79 Å². The van der Waals surface area contributed by atoms with Gasteiger partial charge in [-0.1, -0.05) is 19.4 Å². The third kappa shape index (κ3) is 3.47. The van der Waals surface area contributed by atoms with Gasteiger partial charge in [-0.25, -0.2) is 0 Å². The van der Waals surface area contributed by atoms with E-state index in [1.54, 1.807) is 6.92 Å². The number of hydrogen-bond acceptors (Lipinski definition) is 4. The average molecular weight is 293 g/mol. The van der Waals surface area contributed by atoms with Gasteiger partial charge in [-0.3, -0.25) is 10.1 Å². The van der Waals surface area contributed by atoms with Crippen molar-refractivity contribution in [2.75, 3.05) is 13.2 Å². The number of carbonyl (C=O) groups is 1. The first-order valence-corrected chi connectivity index (χ1v) is 7.37. The Kier molecular flexibility index (Phi) is 4.73. The molecule has 0 radical (unpaired) electrons. The highest BCUT2D eigenvalue weighted by molar-refractivity contribution is 5.78. The molecule has 1 heterocycles. The summed E-state index contributed by atoms with van der Waals surface area (Å²) in [4.78, 5) is 11.5. The van der Waals surface area contributed by atoms with Crippen LogP contribution in [-0.4, -0.2) is 29.8 Å². The van der Waals surface area contributed by atoms with Crippen molar-refractivity contribution >= 4 is 5.97 Å². The zero-order valence-electron chi connectivity index (χ0n) is 12.8. The molecule has 0 aromatic heterocycles. The molecule has 0 spiro atoms. The van der Waals surface area contributed by atoms with Gasteiger partial charge < -0.3 is 14.6 Å². The minimum atomic E-state index is -0.929. The van der Waals surface area contributed by atoms with Gasteiger partial charge in [0.05, 0.1) is 0 Å². The Labute approximate surface area is 125 Å². The highest BCUT2D eigenvalue weighted by Crippen LogP contribution is 2.33. The number of rotatable bonds is 6. The van der Waals surface area contributed by atoms with Gasteiger partial charge in [0, 0.05) is 6.04 Å². The summed E-state index contributed by atoms with van der Waals surface area (Å²) in [6.07, 6.45) is 1.39. The summed E-state index contributed by atoms with van der Waals surface area (Å²) in [5.74, 6) is 0.639. The molecule has 2 rings (SSSR count). The molecule has 0 fully saturated rings. The van der Waals surface area contributed by atoms with Crippen LogP contribution >= 0.6 is 0 Å². The first kappa shape index (κ1) is 15.6. The second-order valence-corrected chi connectivity index (χ2v) is 5.66. The minimum absolute atomic E-state index is 0.0894. The summed E-state index contributed by atoms with van der Waals surface area (Å²) in [6, 6.07) is 5.65. The fourth-order valence-corrected chi connectivity index (χ4v) is 2.63. The number of nitrogens with one attached hydrogen (secondary N) is 1. The molecule has 5 heteroatoms. The Morgan fingerprint density at radius 3 is 2.67 bits per heavy atom. The van der Waals surface area contributed by atoms with Crippen molar-refractivity contribution in [1.82, 2.24) is 5.32 Å². The highest BCUT2D eigenvalue weighted by atomic mass is 16.6. The molecule has 2 atom stereocenters. The quantitative estimate of drug-likeness (QED) is 0.844. The maximum absolute atomic E-state index is 11.5. The zero-order valence-corrected chi connectivity index (χ0v) is 12.8. The van der Waals surface area contributed by atoms with Crippen LogP contribution in [0.5, 0.6) is 11.5 Å². The summed E-state index contributed by atoms with van der Waals surface area (Å²) in [5.41, 5.74) is 0.0596. The normalized spacial score (nSPS) is 17.9. The van der Waals surface area contributed by atoms with Gasteiger partial charge in [-0.2, -0.15) is 0 Å². The topological polar surface area (TPSA) is 67.8 Å². The van der Waals surface area contributed by atoms with Crippen molar-refractivity contribution in [2.24, 2.45) is 0 Å². The molecule has 5 nitrogen and oxygen atoms in total. The van der Waals surface area contributed by atoms with Crippen LogP contribution < -0.4 is 14.8 Å². The van der Waals surface area contributed by atoms with Crippen LogP contribution in [0.1, 0.15) is 45.2 Å². The highest BCUT2D eigenvalue weighted by Gasteiger charge is 2.33. The second-order valence-electron chi connectivity index (χ2n) is 5.66. The lowest BCUT2D eigenvalue weighted by Gasteiger charge is -2.30. The Morgan fingerprint density at radius 1 is 1.38 bits per heavy atom. The molecule has 1 aromatic rings. The number of aliphatic carboxylic acids is 1. The van der Waals surface area contributed by atoms with E-state index in [1.165, 1.54) is 0 Å². The van der Waals surface area contributed by atoms with E-state index in [-0.39, 0.29) is 6.04 Å². The fraction of sp³-hybridized carbons (Fsp3) is 0.562. The maximum Gasteiger partial charge on any atom is 0.323 e. The summed E-state index contributed by atoms with van der Waals surface area (Å²) < 4.78 is 11.1. The lowest BCUT2D eigenvalue weighted by molar-refractivity contribution is -0.144. The molecule has 1 aromatic carbocycles. The number of fused-ring (bicyclic) bond motifs is 1. The Bertz CT molecular complexity index is 517. The Balaban J connectivity index is 2.15. The molecule has 0 bridgehead atoms. The average Bonchev–Trinajstić information content (AvgIpc) is 2.46. The van der Waals surface area contributed by atoms with E-state index in [0.717, 1.165) is 23.5 Å². The van der Waals surface area contributed by atoms with Gasteiger partial charge in [0.1, 0.15) is 18.8 Å². The molecule has 2 unspecified atom stereocenters. The number of benzene rings is 1. The van der Waals surface area contributed by atoms with Crippen LogP contribution in [0.25, 0.3) is 0 Å². The van der Waals surface area contributed by atoms with Crippen LogP contribution in [0.4, 0.5) is 0 Å². The van der Waals surface area contributed by atoms with Crippen molar-refractivity contribution in [3.05, 3.63) is 23.8 Å². The van der Waals surface area contributed by atoms with Crippen LogP contribution in [0, 0.1) is 0 Å². The number of carboxylic acids is 1. The van der Waals surface area contributed by atoms with E-state index < -0.39 is 11.5 Å². The van der Waals surface area contributed by atoms with E-state index in [4.69, 9.17) is 9.47 Å². The Morgan fingerprint density at radius 2 is 2.05 bits per heavy atom.